The lowest BCUT2D eigenvalue weighted by Crippen LogP contribution is -2.52. The summed E-state index contributed by atoms with van der Waals surface area (Å²) in [5, 5.41) is 3.59. The van der Waals surface area contributed by atoms with Gasteiger partial charge in [-0.2, -0.15) is 0 Å². The Morgan fingerprint density at radius 2 is 1.55 bits per heavy atom. The van der Waals surface area contributed by atoms with Crippen LogP contribution >= 0.6 is 46.4 Å². The monoisotopic (exact) mass is 615 g/mol. The van der Waals surface area contributed by atoms with Gasteiger partial charge in [0, 0.05) is 25.0 Å². The van der Waals surface area contributed by atoms with Crippen LogP contribution in [0.2, 0.25) is 20.1 Å². The van der Waals surface area contributed by atoms with Crippen LogP contribution in [0.3, 0.4) is 0 Å². The van der Waals surface area contributed by atoms with E-state index in [0.29, 0.717) is 15.6 Å². The number of likely N-dealkylation sites (N-methyl/N-ethyl adjacent to an activating group) is 1. The van der Waals surface area contributed by atoms with Crippen molar-refractivity contribution in [3.8, 4) is 0 Å². The smallest absolute Gasteiger partial charge is 0.244 e. The number of carbonyl (C=O) groups excluding carboxylic acids is 2. The van der Waals surface area contributed by atoms with E-state index >= 15 is 0 Å². The summed E-state index contributed by atoms with van der Waals surface area (Å²) in [6.45, 7) is -0.642. The SMILES string of the molecule is CNC(=O)[C@@H](Cc1ccccc1)N(Cc1ccc(Cl)c(Cl)c1)C(=O)CN(c1ccc(Cl)cc1Cl)S(C)(=O)=O. The predicted molar refractivity (Wildman–Crippen MR) is 154 cm³/mol. The van der Waals surface area contributed by atoms with Gasteiger partial charge in [-0.15, -0.1) is 0 Å². The molecule has 0 aliphatic heterocycles. The Hall–Kier alpha value is -2.49. The highest BCUT2D eigenvalue weighted by molar-refractivity contribution is 7.92. The third-order valence-electron chi connectivity index (χ3n) is 5.71. The van der Waals surface area contributed by atoms with Crippen molar-refractivity contribution >= 4 is 73.9 Å². The van der Waals surface area contributed by atoms with Gasteiger partial charge < -0.3 is 10.2 Å². The Kier molecular flexibility index (Phi) is 10.3. The molecule has 0 spiro atoms. The molecule has 0 unspecified atom stereocenters. The minimum Gasteiger partial charge on any atom is -0.357 e. The van der Waals surface area contributed by atoms with Crippen LogP contribution < -0.4 is 9.62 Å². The van der Waals surface area contributed by atoms with Gasteiger partial charge in [0.1, 0.15) is 12.6 Å². The topological polar surface area (TPSA) is 86.8 Å². The van der Waals surface area contributed by atoms with Gasteiger partial charge >= 0.3 is 0 Å². The highest BCUT2D eigenvalue weighted by Gasteiger charge is 2.33. The summed E-state index contributed by atoms with van der Waals surface area (Å²) in [4.78, 5) is 28.3. The number of sulfonamides is 1. The molecule has 7 nitrogen and oxygen atoms in total. The molecule has 202 valence electrons. The highest BCUT2D eigenvalue weighted by Crippen LogP contribution is 2.31. The van der Waals surface area contributed by atoms with E-state index in [-0.39, 0.29) is 28.7 Å². The average molecular weight is 617 g/mol. The van der Waals surface area contributed by atoms with E-state index in [4.69, 9.17) is 46.4 Å². The fourth-order valence-corrected chi connectivity index (χ4v) is 5.58. The molecule has 1 atom stereocenters. The summed E-state index contributed by atoms with van der Waals surface area (Å²) < 4.78 is 26.4. The second-order valence-corrected chi connectivity index (χ2v) is 12.0. The van der Waals surface area contributed by atoms with E-state index in [9.17, 15) is 18.0 Å². The van der Waals surface area contributed by atoms with E-state index < -0.39 is 34.4 Å². The molecule has 3 aromatic carbocycles. The Morgan fingerprint density at radius 3 is 2.13 bits per heavy atom. The van der Waals surface area contributed by atoms with Gasteiger partial charge in [0.15, 0.2) is 0 Å². The molecular weight excluding hydrogens is 592 g/mol. The van der Waals surface area contributed by atoms with Crippen LogP contribution in [0.1, 0.15) is 11.1 Å². The van der Waals surface area contributed by atoms with Gasteiger partial charge in [-0.3, -0.25) is 13.9 Å². The molecule has 0 aliphatic carbocycles. The van der Waals surface area contributed by atoms with Crippen LogP contribution in [0.5, 0.6) is 0 Å². The van der Waals surface area contributed by atoms with Crippen LogP contribution in [0.15, 0.2) is 66.7 Å². The average Bonchev–Trinajstić information content (AvgIpc) is 2.86. The van der Waals surface area contributed by atoms with Crippen LogP contribution in [0.25, 0.3) is 0 Å². The van der Waals surface area contributed by atoms with Crippen molar-refractivity contribution in [2.24, 2.45) is 0 Å². The molecule has 3 rings (SSSR count). The summed E-state index contributed by atoms with van der Waals surface area (Å²) in [7, 11) is -2.49. The van der Waals surface area contributed by atoms with Crippen LogP contribution in [-0.2, 0) is 32.6 Å². The minimum atomic E-state index is -3.96. The molecule has 0 heterocycles. The number of carbonyl (C=O) groups is 2. The Labute approximate surface area is 242 Å². The first-order valence-corrected chi connectivity index (χ1v) is 14.7. The first kappa shape index (κ1) is 30.1. The normalized spacial score (nSPS) is 12.1. The zero-order valence-electron chi connectivity index (χ0n) is 20.5. The zero-order chi connectivity index (χ0) is 28.0. The van der Waals surface area contributed by atoms with Crippen LogP contribution in [-0.4, -0.2) is 51.0 Å². The number of nitrogens with one attached hydrogen (secondary N) is 1. The summed E-state index contributed by atoms with van der Waals surface area (Å²) >= 11 is 24.5. The van der Waals surface area contributed by atoms with E-state index in [1.54, 1.807) is 18.2 Å². The molecule has 0 fully saturated rings. The molecule has 38 heavy (non-hydrogen) atoms. The van der Waals surface area contributed by atoms with Crippen LogP contribution in [0.4, 0.5) is 5.69 Å². The summed E-state index contributed by atoms with van der Waals surface area (Å²) in [6, 6.07) is 17.4. The second-order valence-electron chi connectivity index (χ2n) is 8.46. The van der Waals surface area contributed by atoms with Crippen molar-refractivity contribution < 1.29 is 18.0 Å². The highest BCUT2D eigenvalue weighted by atomic mass is 35.5. The second kappa shape index (κ2) is 13.0. The molecule has 0 radical (unpaired) electrons. The lowest BCUT2D eigenvalue weighted by atomic mass is 10.0. The molecule has 0 saturated heterocycles. The van der Waals surface area contributed by atoms with Gasteiger partial charge in [0.05, 0.1) is 27.0 Å². The third-order valence-corrected chi connectivity index (χ3v) is 8.12. The number of halogens is 4. The summed E-state index contributed by atoms with van der Waals surface area (Å²) in [5.41, 5.74) is 1.50. The molecule has 3 aromatic rings. The van der Waals surface area contributed by atoms with E-state index in [0.717, 1.165) is 16.1 Å². The number of hydrogen-bond acceptors (Lipinski definition) is 4. The first-order chi connectivity index (χ1) is 17.9. The fourth-order valence-electron chi connectivity index (χ4n) is 3.83. The first-order valence-electron chi connectivity index (χ1n) is 11.3. The number of benzene rings is 3. The van der Waals surface area contributed by atoms with E-state index in [1.165, 1.54) is 30.1 Å². The maximum atomic E-state index is 13.9. The molecule has 0 aliphatic rings. The summed E-state index contributed by atoms with van der Waals surface area (Å²) in [6.07, 6.45) is 1.16. The largest absolute Gasteiger partial charge is 0.357 e. The number of rotatable bonds is 10. The van der Waals surface area contributed by atoms with Gasteiger partial charge in [-0.25, -0.2) is 8.42 Å². The van der Waals surface area contributed by atoms with Gasteiger partial charge in [0.25, 0.3) is 0 Å². The number of hydrogen-bond donors (Lipinski definition) is 1. The number of anilines is 1. The molecule has 0 aromatic heterocycles. The maximum absolute atomic E-state index is 13.9. The maximum Gasteiger partial charge on any atom is 0.244 e. The lowest BCUT2D eigenvalue weighted by Gasteiger charge is -2.33. The fraction of sp³-hybridized carbons (Fsp3) is 0.231. The molecule has 12 heteroatoms. The molecular formula is C26H25Cl4N3O4S. The third kappa shape index (κ3) is 7.77. The quantitative estimate of drug-likeness (QED) is 0.328. The minimum absolute atomic E-state index is 0.0351. The lowest BCUT2D eigenvalue weighted by molar-refractivity contribution is -0.139. The molecule has 0 bridgehead atoms. The Morgan fingerprint density at radius 1 is 0.868 bits per heavy atom. The Bertz CT molecular complexity index is 1420. The van der Waals surface area contributed by atoms with Crippen molar-refractivity contribution in [3.05, 3.63) is 97.9 Å². The molecule has 1 N–H and O–H groups in total. The molecule has 0 saturated carbocycles. The van der Waals surface area contributed by atoms with Crippen molar-refractivity contribution in [1.29, 1.82) is 0 Å². The molecule has 2 amide bonds. The van der Waals surface area contributed by atoms with Crippen molar-refractivity contribution in [2.75, 3.05) is 24.2 Å². The van der Waals surface area contributed by atoms with Crippen molar-refractivity contribution in [1.82, 2.24) is 10.2 Å². The van der Waals surface area contributed by atoms with Crippen molar-refractivity contribution in [3.63, 3.8) is 0 Å². The Balaban J connectivity index is 2.06. The van der Waals surface area contributed by atoms with Crippen molar-refractivity contribution in [2.45, 2.75) is 19.0 Å². The standard InChI is InChI=1S/C26H25Cl4N3O4S/c1-31-26(35)24(13-17-6-4-3-5-7-17)32(15-18-8-10-20(28)21(29)12-18)25(34)16-33(38(2,36)37)23-11-9-19(27)14-22(23)30/h3-12,14,24H,13,15-16H2,1-2H3,(H,31,35)/t24-/m1/s1. The van der Waals surface area contributed by atoms with E-state index in [2.05, 4.69) is 5.32 Å². The van der Waals surface area contributed by atoms with Gasteiger partial charge in [0.2, 0.25) is 21.8 Å². The van der Waals surface area contributed by atoms with Gasteiger partial charge in [-0.1, -0.05) is 82.8 Å². The predicted octanol–water partition coefficient (Wildman–Crippen LogP) is 5.45. The van der Waals surface area contributed by atoms with Crippen LogP contribution in [0, 0.1) is 0 Å². The number of amides is 2. The van der Waals surface area contributed by atoms with E-state index in [1.807, 2.05) is 30.3 Å². The zero-order valence-corrected chi connectivity index (χ0v) is 24.3. The van der Waals surface area contributed by atoms with Gasteiger partial charge in [-0.05, 0) is 41.5 Å². The summed E-state index contributed by atoms with van der Waals surface area (Å²) in [5.74, 6) is -1.05. The number of nitrogens with zero attached hydrogens (tertiary/aromatic N) is 2.